The van der Waals surface area contributed by atoms with Gasteiger partial charge in [-0.2, -0.15) is 9.97 Å². The SMILES string of the molecule is COc1cc(OC)nc(NC(=O)c2ccc(Cl)cc2Br)n1. The van der Waals surface area contributed by atoms with Crippen LogP contribution in [0.5, 0.6) is 11.8 Å². The minimum atomic E-state index is -0.381. The first-order valence-electron chi connectivity index (χ1n) is 5.77. The predicted molar refractivity (Wildman–Crippen MR) is 82.2 cm³/mol. The summed E-state index contributed by atoms with van der Waals surface area (Å²) >= 11 is 9.12. The molecule has 2 aromatic rings. The first-order valence-corrected chi connectivity index (χ1v) is 6.94. The van der Waals surface area contributed by atoms with Gasteiger partial charge in [0.05, 0.1) is 25.8 Å². The highest BCUT2D eigenvalue weighted by Crippen LogP contribution is 2.23. The molecule has 0 unspecified atom stereocenters. The van der Waals surface area contributed by atoms with Gasteiger partial charge in [0.1, 0.15) is 0 Å². The predicted octanol–water partition coefficient (Wildman–Crippen LogP) is 3.16. The molecule has 0 radical (unpaired) electrons. The number of anilines is 1. The average Bonchev–Trinajstić information content (AvgIpc) is 2.46. The number of nitrogens with one attached hydrogen (secondary N) is 1. The number of aromatic nitrogens is 2. The highest BCUT2D eigenvalue weighted by Gasteiger charge is 2.13. The second kappa shape index (κ2) is 6.73. The van der Waals surface area contributed by atoms with Crippen molar-refractivity contribution in [1.29, 1.82) is 0 Å². The van der Waals surface area contributed by atoms with Crippen molar-refractivity contribution in [3.05, 3.63) is 39.3 Å². The molecule has 21 heavy (non-hydrogen) atoms. The Morgan fingerprint density at radius 3 is 2.33 bits per heavy atom. The minimum Gasteiger partial charge on any atom is -0.481 e. The van der Waals surface area contributed by atoms with Crippen molar-refractivity contribution in [2.75, 3.05) is 19.5 Å². The fourth-order valence-electron chi connectivity index (χ4n) is 1.51. The van der Waals surface area contributed by atoms with Gasteiger partial charge in [-0.25, -0.2) is 0 Å². The molecular formula is C13H11BrClN3O3. The van der Waals surface area contributed by atoms with Crippen molar-refractivity contribution in [3.63, 3.8) is 0 Å². The Morgan fingerprint density at radius 1 is 1.19 bits per heavy atom. The normalized spacial score (nSPS) is 10.1. The molecule has 0 bridgehead atoms. The quantitative estimate of drug-likeness (QED) is 0.892. The smallest absolute Gasteiger partial charge is 0.259 e. The van der Waals surface area contributed by atoms with Crippen LogP contribution in [-0.2, 0) is 0 Å². The van der Waals surface area contributed by atoms with E-state index in [-0.39, 0.29) is 23.6 Å². The second-order valence-corrected chi connectivity index (χ2v) is 5.15. The van der Waals surface area contributed by atoms with Gasteiger partial charge in [0.2, 0.25) is 17.7 Å². The molecule has 6 nitrogen and oxygen atoms in total. The number of carbonyl (C=O) groups excluding carboxylic acids is 1. The van der Waals surface area contributed by atoms with Crippen molar-refractivity contribution >= 4 is 39.4 Å². The summed E-state index contributed by atoms with van der Waals surface area (Å²) in [6.45, 7) is 0. The lowest BCUT2D eigenvalue weighted by Gasteiger charge is -2.08. The number of amides is 1. The molecule has 0 atom stereocenters. The minimum absolute atomic E-state index is 0.0815. The van der Waals surface area contributed by atoms with Crippen molar-refractivity contribution in [3.8, 4) is 11.8 Å². The molecular weight excluding hydrogens is 362 g/mol. The topological polar surface area (TPSA) is 73.3 Å². The molecule has 2 rings (SSSR count). The van der Waals surface area contributed by atoms with Crippen LogP contribution < -0.4 is 14.8 Å². The van der Waals surface area contributed by atoms with Gasteiger partial charge in [-0.05, 0) is 34.1 Å². The largest absolute Gasteiger partial charge is 0.481 e. The number of halogens is 2. The van der Waals surface area contributed by atoms with E-state index in [1.807, 2.05) is 0 Å². The molecule has 8 heteroatoms. The monoisotopic (exact) mass is 371 g/mol. The van der Waals surface area contributed by atoms with Gasteiger partial charge in [-0.1, -0.05) is 11.6 Å². The lowest BCUT2D eigenvalue weighted by Crippen LogP contribution is -2.15. The Hall–Kier alpha value is -1.86. The van der Waals surface area contributed by atoms with E-state index in [1.165, 1.54) is 20.3 Å². The van der Waals surface area contributed by atoms with Crippen LogP contribution in [0.3, 0.4) is 0 Å². The third-order valence-electron chi connectivity index (χ3n) is 2.50. The summed E-state index contributed by atoms with van der Waals surface area (Å²) in [5.41, 5.74) is 0.407. The van der Waals surface area contributed by atoms with Gasteiger partial charge < -0.3 is 9.47 Å². The third-order valence-corrected chi connectivity index (χ3v) is 3.39. The Bertz CT molecular complexity index is 659. The van der Waals surface area contributed by atoms with Crippen molar-refractivity contribution in [1.82, 2.24) is 9.97 Å². The van der Waals surface area contributed by atoms with Crippen LogP contribution in [-0.4, -0.2) is 30.1 Å². The highest BCUT2D eigenvalue weighted by atomic mass is 79.9. The van der Waals surface area contributed by atoms with Gasteiger partial charge in [0.15, 0.2) is 0 Å². The van der Waals surface area contributed by atoms with Gasteiger partial charge in [-0.3, -0.25) is 10.1 Å². The van der Waals surface area contributed by atoms with Crippen LogP contribution in [0.1, 0.15) is 10.4 Å². The van der Waals surface area contributed by atoms with E-state index in [1.54, 1.807) is 18.2 Å². The lowest BCUT2D eigenvalue weighted by atomic mass is 10.2. The molecule has 0 spiro atoms. The second-order valence-electron chi connectivity index (χ2n) is 3.85. The van der Waals surface area contributed by atoms with E-state index in [9.17, 15) is 4.79 Å². The van der Waals surface area contributed by atoms with Crippen LogP contribution in [0.25, 0.3) is 0 Å². The zero-order valence-corrected chi connectivity index (χ0v) is 13.5. The maximum absolute atomic E-state index is 12.2. The van der Waals surface area contributed by atoms with E-state index in [0.717, 1.165) is 0 Å². The summed E-state index contributed by atoms with van der Waals surface area (Å²) in [5, 5.41) is 3.10. The zero-order valence-electron chi connectivity index (χ0n) is 11.2. The lowest BCUT2D eigenvalue weighted by molar-refractivity contribution is 0.102. The molecule has 1 aromatic carbocycles. The standard InChI is InChI=1S/C13H11BrClN3O3/c1-20-10-6-11(21-2)17-13(16-10)18-12(19)8-4-3-7(15)5-9(8)14/h3-6H,1-2H3,(H,16,17,18,19). The molecule has 0 aliphatic heterocycles. The molecule has 0 aliphatic carbocycles. The number of benzene rings is 1. The number of rotatable bonds is 4. The molecule has 1 amide bonds. The highest BCUT2D eigenvalue weighted by molar-refractivity contribution is 9.10. The molecule has 110 valence electrons. The van der Waals surface area contributed by atoms with Crippen LogP contribution in [0.4, 0.5) is 5.95 Å². The average molecular weight is 373 g/mol. The number of hydrogen-bond donors (Lipinski definition) is 1. The van der Waals surface area contributed by atoms with E-state index < -0.39 is 0 Å². The van der Waals surface area contributed by atoms with Crippen molar-refractivity contribution < 1.29 is 14.3 Å². The maximum atomic E-state index is 12.2. The molecule has 0 aliphatic rings. The van der Waals surface area contributed by atoms with E-state index in [2.05, 4.69) is 31.2 Å². The number of nitrogens with zero attached hydrogens (tertiary/aromatic N) is 2. The first kappa shape index (κ1) is 15.5. The molecule has 1 heterocycles. The number of methoxy groups -OCH3 is 2. The fourth-order valence-corrected chi connectivity index (χ4v) is 2.37. The number of hydrogen-bond acceptors (Lipinski definition) is 5. The Kier molecular flexibility index (Phi) is 4.98. The summed E-state index contributed by atoms with van der Waals surface area (Å²) in [4.78, 5) is 20.3. The molecule has 1 N–H and O–H groups in total. The Morgan fingerprint density at radius 2 is 1.81 bits per heavy atom. The van der Waals surface area contributed by atoms with Crippen molar-refractivity contribution in [2.45, 2.75) is 0 Å². The maximum Gasteiger partial charge on any atom is 0.259 e. The number of ether oxygens (including phenoxy) is 2. The third kappa shape index (κ3) is 3.83. The molecule has 0 saturated carbocycles. The molecule has 0 fully saturated rings. The van der Waals surface area contributed by atoms with Gasteiger partial charge in [0.25, 0.3) is 5.91 Å². The van der Waals surface area contributed by atoms with Crippen molar-refractivity contribution in [2.24, 2.45) is 0 Å². The fraction of sp³-hybridized carbons (Fsp3) is 0.154. The van der Waals surface area contributed by atoms with Crippen LogP contribution in [0.2, 0.25) is 5.02 Å². The number of carbonyl (C=O) groups is 1. The Labute approximate surface area is 134 Å². The van der Waals surface area contributed by atoms with Gasteiger partial charge in [-0.15, -0.1) is 0 Å². The van der Waals surface area contributed by atoms with Gasteiger partial charge in [0, 0.05) is 9.50 Å². The van der Waals surface area contributed by atoms with E-state index >= 15 is 0 Å². The van der Waals surface area contributed by atoms with E-state index in [0.29, 0.717) is 15.1 Å². The summed E-state index contributed by atoms with van der Waals surface area (Å²) in [6.07, 6.45) is 0. The summed E-state index contributed by atoms with van der Waals surface area (Å²) < 4.78 is 10.6. The van der Waals surface area contributed by atoms with Crippen LogP contribution >= 0.6 is 27.5 Å². The zero-order chi connectivity index (χ0) is 15.4. The first-order chi connectivity index (χ1) is 10.0. The molecule has 0 saturated heterocycles. The summed E-state index contributed by atoms with van der Waals surface area (Å²) in [5.74, 6) is 0.270. The van der Waals surface area contributed by atoms with Crippen LogP contribution in [0.15, 0.2) is 28.7 Å². The van der Waals surface area contributed by atoms with Gasteiger partial charge >= 0.3 is 0 Å². The van der Waals surface area contributed by atoms with Crippen LogP contribution in [0, 0.1) is 0 Å². The summed E-state index contributed by atoms with van der Waals surface area (Å²) in [7, 11) is 2.92. The summed E-state index contributed by atoms with van der Waals surface area (Å²) in [6, 6.07) is 6.35. The molecule has 1 aromatic heterocycles. The van der Waals surface area contributed by atoms with E-state index in [4.69, 9.17) is 21.1 Å². The Balaban J connectivity index is 2.26.